The molecule has 6 heteroatoms. The molecule has 2 heterocycles. The van der Waals surface area contributed by atoms with Gasteiger partial charge in [-0.3, -0.25) is 4.90 Å². The van der Waals surface area contributed by atoms with E-state index >= 15 is 0 Å². The van der Waals surface area contributed by atoms with Crippen molar-refractivity contribution in [2.45, 2.75) is 45.3 Å². The van der Waals surface area contributed by atoms with Gasteiger partial charge in [-0.05, 0) is 49.0 Å². The minimum absolute atomic E-state index is 0. The van der Waals surface area contributed by atoms with E-state index in [0.717, 1.165) is 30.2 Å². The van der Waals surface area contributed by atoms with Crippen LogP contribution in [0, 0.1) is 5.92 Å². The van der Waals surface area contributed by atoms with E-state index in [9.17, 15) is 0 Å². The topological polar surface area (TPSA) is 62.9 Å². The van der Waals surface area contributed by atoms with Gasteiger partial charge in [-0.1, -0.05) is 49.4 Å². The van der Waals surface area contributed by atoms with E-state index in [4.69, 9.17) is 10.5 Å². The van der Waals surface area contributed by atoms with Crippen LogP contribution in [0.1, 0.15) is 48.9 Å². The van der Waals surface area contributed by atoms with Gasteiger partial charge in [-0.25, -0.2) is 4.99 Å². The van der Waals surface area contributed by atoms with Crippen LogP contribution < -0.4 is 15.8 Å². The SMILES string of the molecule is CC1CCN(Cc2ccccc2CN=C(N)NC2CCOc3ccccc32)CC1.I. The van der Waals surface area contributed by atoms with Crippen molar-refractivity contribution in [1.82, 2.24) is 10.2 Å². The molecule has 1 atom stereocenters. The molecule has 162 valence electrons. The molecular weight excluding hydrogens is 487 g/mol. The highest BCUT2D eigenvalue weighted by Crippen LogP contribution is 2.31. The second-order valence-corrected chi connectivity index (χ2v) is 8.30. The van der Waals surface area contributed by atoms with Gasteiger partial charge >= 0.3 is 0 Å². The summed E-state index contributed by atoms with van der Waals surface area (Å²) in [6, 6.07) is 16.9. The fourth-order valence-corrected chi connectivity index (χ4v) is 4.21. The van der Waals surface area contributed by atoms with E-state index < -0.39 is 0 Å². The quantitative estimate of drug-likeness (QED) is 0.347. The number of aliphatic imine (C=N–C) groups is 1. The minimum Gasteiger partial charge on any atom is -0.493 e. The molecule has 0 bridgehead atoms. The van der Waals surface area contributed by atoms with Crippen LogP contribution in [-0.4, -0.2) is 30.6 Å². The molecule has 0 radical (unpaired) electrons. The van der Waals surface area contributed by atoms with Gasteiger partial charge in [0.05, 0.1) is 19.2 Å². The van der Waals surface area contributed by atoms with Gasteiger partial charge in [0, 0.05) is 18.5 Å². The fraction of sp³-hybridized carbons (Fsp3) is 0.458. The predicted octanol–water partition coefficient (Wildman–Crippen LogP) is 4.46. The largest absolute Gasteiger partial charge is 0.493 e. The lowest BCUT2D eigenvalue weighted by molar-refractivity contribution is 0.185. The van der Waals surface area contributed by atoms with Crippen LogP contribution >= 0.6 is 24.0 Å². The lowest BCUT2D eigenvalue weighted by atomic mass is 9.98. The third-order valence-corrected chi connectivity index (χ3v) is 6.09. The van der Waals surface area contributed by atoms with Crippen molar-refractivity contribution in [2.75, 3.05) is 19.7 Å². The van der Waals surface area contributed by atoms with Crippen LogP contribution in [-0.2, 0) is 13.1 Å². The number of nitrogens with one attached hydrogen (secondary N) is 1. The van der Waals surface area contributed by atoms with Crippen molar-refractivity contribution >= 4 is 29.9 Å². The molecule has 2 aliphatic heterocycles. The Bertz CT molecular complexity index is 849. The molecule has 2 aliphatic rings. The van der Waals surface area contributed by atoms with Crippen LogP contribution in [0.15, 0.2) is 53.5 Å². The summed E-state index contributed by atoms with van der Waals surface area (Å²) in [5.74, 6) is 2.28. The number of piperidine rings is 1. The van der Waals surface area contributed by atoms with Gasteiger partial charge < -0.3 is 15.8 Å². The second-order valence-electron chi connectivity index (χ2n) is 8.30. The maximum absolute atomic E-state index is 6.25. The van der Waals surface area contributed by atoms with E-state index in [1.807, 2.05) is 18.2 Å². The first kappa shape index (κ1) is 22.9. The summed E-state index contributed by atoms with van der Waals surface area (Å²) in [5, 5.41) is 3.39. The third-order valence-electron chi connectivity index (χ3n) is 6.09. The molecule has 0 saturated carbocycles. The van der Waals surface area contributed by atoms with Gasteiger partial charge in [0.1, 0.15) is 5.75 Å². The molecule has 0 amide bonds. The number of fused-ring (bicyclic) bond motifs is 1. The Morgan fingerprint density at radius 1 is 1.07 bits per heavy atom. The van der Waals surface area contributed by atoms with Crippen molar-refractivity contribution in [3.63, 3.8) is 0 Å². The van der Waals surface area contributed by atoms with Gasteiger partial charge in [-0.15, -0.1) is 24.0 Å². The van der Waals surface area contributed by atoms with E-state index in [-0.39, 0.29) is 30.0 Å². The molecule has 1 saturated heterocycles. The zero-order valence-corrected chi connectivity index (χ0v) is 20.0. The monoisotopic (exact) mass is 520 g/mol. The predicted molar refractivity (Wildman–Crippen MR) is 133 cm³/mol. The summed E-state index contributed by atoms with van der Waals surface area (Å²) in [5.41, 5.74) is 10.0. The van der Waals surface area contributed by atoms with Crippen LogP contribution in [0.2, 0.25) is 0 Å². The fourth-order valence-electron chi connectivity index (χ4n) is 4.21. The number of hydrogen-bond donors (Lipinski definition) is 2. The number of halogens is 1. The number of nitrogens with two attached hydrogens (primary N) is 1. The Morgan fingerprint density at radius 3 is 2.57 bits per heavy atom. The molecule has 2 aromatic carbocycles. The smallest absolute Gasteiger partial charge is 0.189 e. The Labute approximate surface area is 197 Å². The zero-order valence-electron chi connectivity index (χ0n) is 17.7. The summed E-state index contributed by atoms with van der Waals surface area (Å²) in [4.78, 5) is 7.21. The molecule has 0 aromatic heterocycles. The molecular formula is C24H33IN4O. The second kappa shape index (κ2) is 11.0. The maximum Gasteiger partial charge on any atom is 0.189 e. The van der Waals surface area contributed by atoms with Gasteiger partial charge in [0.2, 0.25) is 0 Å². The zero-order chi connectivity index (χ0) is 20.1. The lowest BCUT2D eigenvalue weighted by Crippen LogP contribution is -2.37. The number of guanidine groups is 1. The average molecular weight is 520 g/mol. The van der Waals surface area contributed by atoms with Gasteiger partial charge in [0.15, 0.2) is 5.96 Å². The number of rotatable bonds is 5. The molecule has 2 aromatic rings. The molecule has 5 nitrogen and oxygen atoms in total. The van der Waals surface area contributed by atoms with E-state index in [1.54, 1.807) is 0 Å². The summed E-state index contributed by atoms with van der Waals surface area (Å²) in [6.07, 6.45) is 3.48. The molecule has 0 spiro atoms. The summed E-state index contributed by atoms with van der Waals surface area (Å²) < 4.78 is 5.73. The molecule has 3 N–H and O–H groups in total. The number of nitrogens with zero attached hydrogens (tertiary/aromatic N) is 2. The number of benzene rings is 2. The highest BCUT2D eigenvalue weighted by Gasteiger charge is 2.21. The Morgan fingerprint density at radius 2 is 1.77 bits per heavy atom. The lowest BCUT2D eigenvalue weighted by Gasteiger charge is -2.30. The Hall–Kier alpha value is -1.80. The summed E-state index contributed by atoms with van der Waals surface area (Å²) in [6.45, 7) is 7.02. The third kappa shape index (κ3) is 5.88. The van der Waals surface area contributed by atoms with Crippen molar-refractivity contribution in [3.8, 4) is 5.75 Å². The Balaban J connectivity index is 0.00000256. The molecule has 0 aliphatic carbocycles. The molecule has 4 rings (SSSR count). The first-order valence-electron chi connectivity index (χ1n) is 10.8. The van der Waals surface area contributed by atoms with Gasteiger partial charge in [0.25, 0.3) is 0 Å². The average Bonchev–Trinajstić information content (AvgIpc) is 2.75. The van der Waals surface area contributed by atoms with Crippen molar-refractivity contribution in [3.05, 3.63) is 65.2 Å². The Kier molecular flexibility index (Phi) is 8.39. The van der Waals surface area contributed by atoms with Crippen molar-refractivity contribution in [1.29, 1.82) is 0 Å². The van der Waals surface area contributed by atoms with Crippen LogP contribution in [0.5, 0.6) is 5.75 Å². The van der Waals surface area contributed by atoms with Crippen molar-refractivity contribution < 1.29 is 4.74 Å². The highest BCUT2D eigenvalue weighted by atomic mass is 127. The van der Waals surface area contributed by atoms with E-state index in [2.05, 4.69) is 52.5 Å². The standard InChI is InChI=1S/C24H32N4O.HI/c1-18-10-13-28(14-11-18)17-20-7-3-2-6-19(20)16-26-24(25)27-22-12-15-29-23-9-5-4-8-21(22)23;/h2-9,18,22H,10-17H2,1H3,(H3,25,26,27);1H. The summed E-state index contributed by atoms with van der Waals surface area (Å²) in [7, 11) is 0. The first-order valence-corrected chi connectivity index (χ1v) is 10.8. The number of likely N-dealkylation sites (tertiary alicyclic amines) is 1. The summed E-state index contributed by atoms with van der Waals surface area (Å²) >= 11 is 0. The number of hydrogen-bond acceptors (Lipinski definition) is 3. The molecule has 1 fully saturated rings. The molecule has 30 heavy (non-hydrogen) atoms. The van der Waals surface area contributed by atoms with E-state index in [0.29, 0.717) is 19.1 Å². The maximum atomic E-state index is 6.25. The minimum atomic E-state index is 0. The first-order chi connectivity index (χ1) is 14.2. The van der Waals surface area contributed by atoms with Crippen LogP contribution in [0.3, 0.4) is 0 Å². The van der Waals surface area contributed by atoms with E-state index in [1.165, 1.54) is 37.1 Å². The van der Waals surface area contributed by atoms with Crippen LogP contribution in [0.4, 0.5) is 0 Å². The number of para-hydroxylation sites is 1. The van der Waals surface area contributed by atoms with Gasteiger partial charge in [-0.2, -0.15) is 0 Å². The highest BCUT2D eigenvalue weighted by molar-refractivity contribution is 14.0. The molecule has 1 unspecified atom stereocenters. The van der Waals surface area contributed by atoms with Crippen LogP contribution in [0.25, 0.3) is 0 Å². The number of ether oxygens (including phenoxy) is 1. The normalized spacial score (nSPS) is 20.0. The van der Waals surface area contributed by atoms with Crippen molar-refractivity contribution in [2.24, 2.45) is 16.6 Å².